The van der Waals surface area contributed by atoms with E-state index in [1.807, 2.05) is 57.4 Å². The van der Waals surface area contributed by atoms with Crippen molar-refractivity contribution in [1.82, 2.24) is 75.0 Å². The van der Waals surface area contributed by atoms with E-state index in [9.17, 15) is 46.8 Å². The zero-order valence-electron chi connectivity index (χ0n) is 60.3. The minimum atomic E-state index is -4.26. The Bertz CT molecular complexity index is 4860. The number of aryl methyl sites for hydroxylation is 4. The average Bonchev–Trinajstić information content (AvgIpc) is 1.66. The zero-order chi connectivity index (χ0) is 76.2. The zero-order valence-corrected chi connectivity index (χ0v) is 61.1. The summed E-state index contributed by atoms with van der Waals surface area (Å²) in [5.74, 6) is -5.10. The highest BCUT2D eigenvalue weighted by Crippen LogP contribution is 2.44. The largest absolute Gasteiger partial charge is 0.491 e. The van der Waals surface area contributed by atoms with Crippen LogP contribution in [0.2, 0.25) is 0 Å². The minimum Gasteiger partial charge on any atom is -0.491 e. The third kappa shape index (κ3) is 18.7. The van der Waals surface area contributed by atoms with Crippen LogP contribution in [0.5, 0.6) is 17.2 Å². The van der Waals surface area contributed by atoms with E-state index in [1.54, 1.807) is 73.1 Å². The number of rotatable bonds is 36. The van der Waals surface area contributed by atoms with Gasteiger partial charge >= 0.3 is 5.97 Å². The van der Waals surface area contributed by atoms with E-state index in [2.05, 4.69) is 46.8 Å². The number of hydrogen-bond acceptors (Lipinski definition) is 20. The Kier molecular flexibility index (Phi) is 25.0. The molecule has 6 heterocycles. The van der Waals surface area contributed by atoms with Gasteiger partial charge in [0.1, 0.15) is 51.4 Å². The summed E-state index contributed by atoms with van der Waals surface area (Å²) in [6, 6.07) is 8.45. The lowest BCUT2D eigenvalue weighted by Gasteiger charge is -2.20. The number of aromatic nitrogens is 9. The van der Waals surface area contributed by atoms with Gasteiger partial charge in [0.25, 0.3) is 15.9 Å². The van der Waals surface area contributed by atoms with Crippen LogP contribution in [-0.2, 0) is 71.3 Å². The molecule has 0 radical (unpaired) electrons. The second-order valence-electron chi connectivity index (χ2n) is 25.8. The first kappa shape index (κ1) is 77.7. The summed E-state index contributed by atoms with van der Waals surface area (Å²) in [5.41, 5.74) is 17.9. The molecule has 35 heteroatoms. The maximum atomic E-state index is 14.2. The summed E-state index contributed by atoms with van der Waals surface area (Å²) in [6.07, 6.45) is 5.64. The van der Waals surface area contributed by atoms with E-state index in [4.69, 9.17) is 55.9 Å². The van der Waals surface area contributed by atoms with Crippen LogP contribution in [0.1, 0.15) is 131 Å². The van der Waals surface area contributed by atoms with Gasteiger partial charge in [-0.3, -0.25) is 58.4 Å². The quantitative estimate of drug-likeness (QED) is 0.0114. The van der Waals surface area contributed by atoms with E-state index in [0.29, 0.717) is 105 Å². The Labute approximate surface area is 604 Å². The standard InChI is InChI=1S/C70H89N19O15S/c1-11-88-50(28-38(3)83-88)64-77-35-47-45-30-43(62(71)95)32-52(103-27-17-25-101-10)58(45)86(65(47)81-64)23-13-14-24-87-59-49(80-69(87)82-67(98)51-29-39(4)84-89(51)12-2)31-44(63(72)96)33-53(59)102-26-16-22-74-55(91)36-76-56(92)37-78-66(97)48(79-54(90)19-20-57(93)94)18-15-21-75-68(73)85-105(99,100)61-41(6)40(5)60-46(42(61)7)34-70(8,9)104-60/h13-14,28-33,35,48H,11-12,15-27,34,36-37H2,1-10H3,(H2,71,95)(H2,72,96)(H,74,91)(H,76,92)(H,78,97)(H,79,90)(H,93,94)(H3,73,75,85)(H,80,82,98)/b14-13+. The number of benzene rings is 3. The smallest absolute Gasteiger partial charge is 0.303 e. The van der Waals surface area contributed by atoms with E-state index in [0.717, 1.165) is 11.3 Å². The lowest BCUT2D eigenvalue weighted by molar-refractivity contribution is -0.139. The van der Waals surface area contributed by atoms with Gasteiger partial charge in [-0.1, -0.05) is 12.2 Å². The van der Waals surface area contributed by atoms with Crippen molar-refractivity contribution >= 4 is 102 Å². The topological polar surface area (TPSA) is 472 Å². The fourth-order valence-electron chi connectivity index (χ4n) is 12.3. The number of ether oxygens (including phenoxy) is 4. The number of methoxy groups -OCH3 is 1. The minimum absolute atomic E-state index is 0.0320. The number of carboxylic acids is 1. The van der Waals surface area contributed by atoms with E-state index in [-0.39, 0.29) is 97.6 Å². The van der Waals surface area contributed by atoms with Crippen molar-refractivity contribution in [2.45, 2.75) is 150 Å². The number of carbonyl (C=O) groups excluding carboxylic acids is 7. The SMILES string of the molecule is CCn1nc(C)cc1C(=O)Nc1nc2cc(C(N)=O)cc(OCCCNC(=O)CNC(=O)CNC(=O)C(CCCNC(=N)NS(=O)(=O)c3c(C)c(C)c4c(c3C)CC(C)(C)O4)NC(=O)CCC(=O)O)c2n1C/C=C/Cn1c2nc(-c3cc(C)nn3CC)ncc2c2cc(C(N)=O)cc(OCCCOC)c21. The fraction of sp³-hybridized carbons (Fsp3) is 0.429. The molecule has 34 nitrogen and oxygen atoms in total. The van der Waals surface area contributed by atoms with Crippen molar-refractivity contribution in [3.05, 3.63) is 105 Å². The summed E-state index contributed by atoms with van der Waals surface area (Å²) in [4.78, 5) is 118. The number of aliphatic carboxylic acids is 1. The summed E-state index contributed by atoms with van der Waals surface area (Å²) in [6.45, 7) is 17.1. The third-order valence-electron chi connectivity index (χ3n) is 17.4. The summed E-state index contributed by atoms with van der Waals surface area (Å²) >= 11 is 0. The molecule has 7 amide bonds. The molecule has 5 aromatic heterocycles. The maximum Gasteiger partial charge on any atom is 0.303 e. The molecule has 13 N–H and O–H groups in total. The van der Waals surface area contributed by atoms with Crippen LogP contribution in [0.3, 0.4) is 0 Å². The number of hydrogen-bond donors (Lipinski definition) is 11. The summed E-state index contributed by atoms with van der Waals surface area (Å²) in [5, 5.41) is 43.5. The monoisotopic (exact) mass is 1470 g/mol. The first-order valence-corrected chi connectivity index (χ1v) is 35.7. The van der Waals surface area contributed by atoms with Gasteiger partial charge in [0.05, 0.1) is 60.0 Å². The number of allylic oxidation sites excluding steroid dienone is 2. The van der Waals surface area contributed by atoms with Crippen LogP contribution in [0.25, 0.3) is 44.5 Å². The number of sulfonamides is 1. The van der Waals surface area contributed by atoms with E-state index >= 15 is 0 Å². The molecular weight excluding hydrogens is 1380 g/mol. The molecule has 0 saturated carbocycles. The predicted octanol–water partition coefficient (Wildman–Crippen LogP) is 4.16. The molecule has 0 saturated heterocycles. The number of nitrogens with one attached hydrogen (secondary N) is 8. The van der Waals surface area contributed by atoms with E-state index in [1.165, 1.54) is 12.1 Å². The Hall–Kier alpha value is -11.5. The normalized spacial score (nSPS) is 12.8. The first-order valence-electron chi connectivity index (χ1n) is 34.2. The lowest BCUT2D eigenvalue weighted by Crippen LogP contribution is -2.50. The molecular formula is C70H89N19O15S. The molecule has 1 atom stereocenters. The highest BCUT2D eigenvalue weighted by atomic mass is 32.2. The van der Waals surface area contributed by atoms with Gasteiger partial charge in [-0.25, -0.2) is 28.1 Å². The van der Waals surface area contributed by atoms with Gasteiger partial charge in [-0.15, -0.1) is 0 Å². The number of primary amides is 2. The Morgan fingerprint density at radius 3 is 2.05 bits per heavy atom. The number of fused-ring (bicyclic) bond motifs is 5. The van der Waals surface area contributed by atoms with Gasteiger partial charge in [-0.05, 0) is 135 Å². The number of imidazole rings is 1. The van der Waals surface area contributed by atoms with Crippen LogP contribution in [0.15, 0.2) is 59.6 Å². The summed E-state index contributed by atoms with van der Waals surface area (Å²) in [7, 11) is -2.67. The summed E-state index contributed by atoms with van der Waals surface area (Å²) < 4.78 is 60.8. The fourth-order valence-corrected chi connectivity index (χ4v) is 13.9. The Balaban J connectivity index is 0.854. The van der Waals surface area contributed by atoms with Crippen LogP contribution in [0.4, 0.5) is 5.95 Å². The number of guanidine groups is 1. The van der Waals surface area contributed by atoms with Gasteiger partial charge in [0.15, 0.2) is 5.82 Å². The molecule has 560 valence electrons. The highest BCUT2D eigenvalue weighted by Gasteiger charge is 2.37. The number of amides is 7. The van der Waals surface area contributed by atoms with Gasteiger partial charge in [-0.2, -0.15) is 10.2 Å². The molecule has 0 spiro atoms. The molecule has 1 unspecified atom stereocenters. The number of nitrogens with zero attached hydrogens (tertiary/aromatic N) is 9. The van der Waals surface area contributed by atoms with Crippen molar-refractivity contribution in [3.63, 3.8) is 0 Å². The maximum absolute atomic E-state index is 14.2. The molecule has 3 aromatic carbocycles. The molecule has 0 bridgehead atoms. The number of anilines is 1. The van der Waals surface area contributed by atoms with Gasteiger partial charge < -0.3 is 71.2 Å². The molecule has 1 aliphatic rings. The van der Waals surface area contributed by atoms with Gasteiger partial charge in [0.2, 0.25) is 47.4 Å². The number of carbonyl (C=O) groups is 8. The van der Waals surface area contributed by atoms with Crippen LogP contribution in [-0.4, -0.2) is 175 Å². The third-order valence-corrected chi connectivity index (χ3v) is 19.0. The number of carboxylic acid groups (broad SMARTS) is 1. The Morgan fingerprint density at radius 2 is 1.36 bits per heavy atom. The average molecular weight is 1470 g/mol. The highest BCUT2D eigenvalue weighted by molar-refractivity contribution is 7.90. The second kappa shape index (κ2) is 33.7. The first-order chi connectivity index (χ1) is 49.9. The molecule has 1 aliphatic heterocycles. The van der Waals surface area contributed by atoms with E-state index < -0.39 is 101 Å². The van der Waals surface area contributed by atoms with Gasteiger partial charge in [0, 0.05) is 106 Å². The molecule has 0 fully saturated rings. The van der Waals surface area contributed by atoms with Crippen molar-refractivity contribution in [1.29, 1.82) is 5.41 Å². The van der Waals surface area contributed by atoms with Crippen LogP contribution in [0, 0.1) is 40.0 Å². The lowest BCUT2D eigenvalue weighted by atomic mass is 9.94. The van der Waals surface area contributed by atoms with Crippen LogP contribution >= 0.6 is 0 Å². The Morgan fingerprint density at radius 1 is 0.724 bits per heavy atom. The molecule has 9 rings (SSSR count). The molecule has 8 aromatic rings. The second-order valence-corrected chi connectivity index (χ2v) is 27.4. The van der Waals surface area contributed by atoms with Crippen molar-refractivity contribution in [2.24, 2.45) is 11.5 Å². The molecule has 0 aliphatic carbocycles. The van der Waals surface area contributed by atoms with Crippen LogP contribution < -0.4 is 62.3 Å². The number of nitrogens with two attached hydrogens (primary N) is 2. The predicted molar refractivity (Wildman–Crippen MR) is 387 cm³/mol. The van der Waals surface area contributed by atoms with Crippen molar-refractivity contribution in [2.75, 3.05) is 58.4 Å². The van der Waals surface area contributed by atoms with Crippen molar-refractivity contribution < 1.29 is 70.8 Å². The molecule has 105 heavy (non-hydrogen) atoms. The van der Waals surface area contributed by atoms with Crippen molar-refractivity contribution in [3.8, 4) is 28.8 Å².